The highest BCUT2D eigenvalue weighted by atomic mass is 35.5. The van der Waals surface area contributed by atoms with Crippen LogP contribution in [0.15, 0.2) is 69.0 Å². The number of carbonyl (C=O) groups excluding carboxylic acids is 2. The SMILES string of the molecule is Cc1cc(NS(=O)(=O)c2ccc(N=C3C(=O)c4ccccc4C(=O)C3Cl)cc2)no1. The van der Waals surface area contributed by atoms with Gasteiger partial charge in [-0.1, -0.05) is 29.4 Å². The van der Waals surface area contributed by atoms with Crippen LogP contribution in [0, 0.1) is 6.92 Å². The van der Waals surface area contributed by atoms with Crippen LogP contribution in [0.1, 0.15) is 26.5 Å². The molecule has 2 aromatic carbocycles. The normalized spacial score (nSPS) is 17.8. The second kappa shape index (κ2) is 7.51. The Labute approximate surface area is 176 Å². The third kappa shape index (κ3) is 3.64. The molecular formula is C20H14ClN3O5S. The molecule has 1 aliphatic carbocycles. The Morgan fingerprint density at radius 3 is 2.37 bits per heavy atom. The lowest BCUT2D eigenvalue weighted by atomic mass is 9.88. The van der Waals surface area contributed by atoms with E-state index in [-0.39, 0.29) is 33.2 Å². The topological polar surface area (TPSA) is 119 Å². The van der Waals surface area contributed by atoms with Crippen LogP contribution in [0.2, 0.25) is 0 Å². The highest BCUT2D eigenvalue weighted by Crippen LogP contribution is 2.26. The highest BCUT2D eigenvalue weighted by molar-refractivity contribution is 7.92. The predicted molar refractivity (Wildman–Crippen MR) is 110 cm³/mol. The van der Waals surface area contributed by atoms with Crippen molar-refractivity contribution in [2.75, 3.05) is 4.72 Å². The summed E-state index contributed by atoms with van der Waals surface area (Å²) in [6.45, 7) is 1.64. The Balaban J connectivity index is 1.62. The molecule has 3 aromatic rings. The van der Waals surface area contributed by atoms with Gasteiger partial charge in [0.25, 0.3) is 10.0 Å². The summed E-state index contributed by atoms with van der Waals surface area (Å²) in [4.78, 5) is 29.4. The number of hydrogen-bond acceptors (Lipinski definition) is 7. The van der Waals surface area contributed by atoms with Crippen molar-refractivity contribution in [3.05, 3.63) is 71.5 Å². The molecule has 10 heteroatoms. The Hall–Kier alpha value is -3.30. The molecule has 8 nitrogen and oxygen atoms in total. The van der Waals surface area contributed by atoms with Gasteiger partial charge in [0, 0.05) is 17.2 Å². The Morgan fingerprint density at radius 2 is 1.73 bits per heavy atom. The van der Waals surface area contributed by atoms with Crippen LogP contribution < -0.4 is 4.72 Å². The summed E-state index contributed by atoms with van der Waals surface area (Å²) < 4.78 is 32.0. The third-order valence-corrected chi connectivity index (χ3v) is 6.18. The summed E-state index contributed by atoms with van der Waals surface area (Å²) in [6, 6.07) is 13.3. The number of sulfonamides is 1. The Morgan fingerprint density at radius 1 is 1.07 bits per heavy atom. The molecule has 0 radical (unpaired) electrons. The van der Waals surface area contributed by atoms with Crippen molar-refractivity contribution < 1.29 is 22.5 Å². The number of hydrogen-bond donors (Lipinski definition) is 1. The van der Waals surface area contributed by atoms with Crippen molar-refractivity contribution in [3.8, 4) is 0 Å². The molecular weight excluding hydrogens is 430 g/mol. The number of aryl methyl sites for hydroxylation is 1. The standard InChI is InChI=1S/C20H14ClN3O5S/c1-11-10-16(23-29-11)24-30(27,28)13-8-6-12(7-9-13)22-18-17(21)19(25)14-4-2-3-5-15(14)20(18)26/h2-10,17H,1H3,(H,23,24). The number of anilines is 1. The molecule has 0 aliphatic heterocycles. The first-order valence-electron chi connectivity index (χ1n) is 8.73. The maximum Gasteiger partial charge on any atom is 0.263 e. The number of aromatic nitrogens is 1. The molecule has 1 atom stereocenters. The summed E-state index contributed by atoms with van der Waals surface area (Å²) >= 11 is 6.18. The first-order valence-corrected chi connectivity index (χ1v) is 10.6. The number of benzene rings is 2. The van der Waals surface area contributed by atoms with Crippen molar-refractivity contribution in [3.63, 3.8) is 0 Å². The molecule has 0 amide bonds. The van der Waals surface area contributed by atoms with Gasteiger partial charge in [-0.05, 0) is 31.2 Å². The number of fused-ring (bicyclic) bond motifs is 1. The zero-order valence-corrected chi connectivity index (χ0v) is 17.1. The van der Waals surface area contributed by atoms with Gasteiger partial charge < -0.3 is 4.52 Å². The fraction of sp³-hybridized carbons (Fsp3) is 0.100. The van der Waals surface area contributed by atoms with Crippen molar-refractivity contribution in [1.82, 2.24) is 5.16 Å². The van der Waals surface area contributed by atoms with Crippen molar-refractivity contribution in [1.29, 1.82) is 0 Å². The molecule has 0 saturated heterocycles. The number of ketones is 2. The van der Waals surface area contributed by atoms with E-state index in [0.717, 1.165) is 0 Å². The monoisotopic (exact) mass is 443 g/mol. The molecule has 1 N–H and O–H groups in total. The van der Waals surface area contributed by atoms with Crippen molar-refractivity contribution in [2.24, 2.45) is 4.99 Å². The average molecular weight is 444 g/mol. The maximum absolute atomic E-state index is 12.7. The maximum atomic E-state index is 12.7. The summed E-state index contributed by atoms with van der Waals surface area (Å²) in [5.74, 6) is -0.323. The molecule has 1 unspecified atom stereocenters. The second-order valence-corrected chi connectivity index (χ2v) is 8.64. The first kappa shape index (κ1) is 20.0. The van der Waals surface area contributed by atoms with Gasteiger partial charge >= 0.3 is 0 Å². The van der Waals surface area contributed by atoms with Gasteiger partial charge in [-0.15, -0.1) is 11.6 Å². The van der Waals surface area contributed by atoms with E-state index in [1.807, 2.05) is 0 Å². The zero-order valence-electron chi connectivity index (χ0n) is 15.5. The van der Waals surface area contributed by atoms with Gasteiger partial charge in [0.15, 0.2) is 11.6 Å². The van der Waals surface area contributed by atoms with Crippen LogP contribution in [-0.4, -0.2) is 36.2 Å². The van der Waals surface area contributed by atoms with Crippen molar-refractivity contribution >= 4 is 50.4 Å². The number of nitrogens with one attached hydrogen (secondary N) is 1. The molecule has 1 aliphatic rings. The summed E-state index contributed by atoms with van der Waals surface area (Å²) in [7, 11) is -3.89. The van der Waals surface area contributed by atoms with Crippen LogP contribution in [0.5, 0.6) is 0 Å². The number of rotatable bonds is 4. The van der Waals surface area contributed by atoms with E-state index >= 15 is 0 Å². The lowest BCUT2D eigenvalue weighted by Gasteiger charge is -2.19. The lowest BCUT2D eigenvalue weighted by Crippen LogP contribution is -2.37. The van der Waals surface area contributed by atoms with Crippen LogP contribution in [0.25, 0.3) is 0 Å². The van der Waals surface area contributed by atoms with Gasteiger partial charge in [-0.25, -0.2) is 13.4 Å². The van der Waals surface area contributed by atoms with Crippen LogP contribution in [0.4, 0.5) is 11.5 Å². The summed E-state index contributed by atoms with van der Waals surface area (Å²) in [6.07, 6.45) is 0. The van der Waals surface area contributed by atoms with Gasteiger partial charge in [-0.3, -0.25) is 14.3 Å². The number of Topliss-reactive ketones (excluding diaryl/α,β-unsaturated/α-hetero) is 2. The lowest BCUT2D eigenvalue weighted by molar-refractivity contribution is 0.0968. The molecule has 30 heavy (non-hydrogen) atoms. The van der Waals surface area contributed by atoms with Gasteiger partial charge in [0.1, 0.15) is 16.8 Å². The van der Waals surface area contributed by atoms with E-state index in [1.54, 1.807) is 31.2 Å². The van der Waals surface area contributed by atoms with Crippen LogP contribution in [-0.2, 0) is 10.0 Å². The van der Waals surface area contributed by atoms with E-state index in [2.05, 4.69) is 14.9 Å². The minimum Gasteiger partial charge on any atom is -0.360 e. The fourth-order valence-corrected chi connectivity index (χ4v) is 4.22. The number of halogens is 1. The third-order valence-electron chi connectivity index (χ3n) is 4.40. The number of nitrogens with zero attached hydrogens (tertiary/aromatic N) is 2. The van der Waals surface area contributed by atoms with Gasteiger partial charge in [-0.2, -0.15) is 0 Å². The Kier molecular flexibility index (Phi) is 5.00. The van der Waals surface area contributed by atoms with Gasteiger partial charge in [0.2, 0.25) is 5.78 Å². The smallest absolute Gasteiger partial charge is 0.263 e. The largest absolute Gasteiger partial charge is 0.360 e. The predicted octanol–water partition coefficient (Wildman–Crippen LogP) is 3.54. The molecule has 1 aromatic heterocycles. The van der Waals surface area contributed by atoms with Crippen molar-refractivity contribution in [2.45, 2.75) is 17.2 Å². The molecule has 1 heterocycles. The molecule has 152 valence electrons. The molecule has 0 spiro atoms. The number of aliphatic imine (C=N–C) groups is 1. The van der Waals surface area contributed by atoms with E-state index < -0.39 is 27.0 Å². The molecule has 4 rings (SSSR count). The molecule has 0 fully saturated rings. The number of carbonyl (C=O) groups is 2. The minimum absolute atomic E-state index is 0.0362. The Bertz CT molecular complexity index is 1300. The van der Waals surface area contributed by atoms with E-state index in [1.165, 1.54) is 30.3 Å². The molecule has 0 saturated carbocycles. The van der Waals surface area contributed by atoms with Crippen LogP contribution >= 0.6 is 11.6 Å². The molecule has 0 bridgehead atoms. The van der Waals surface area contributed by atoms with E-state index in [4.69, 9.17) is 16.1 Å². The number of alkyl halides is 1. The van der Waals surface area contributed by atoms with E-state index in [0.29, 0.717) is 5.76 Å². The minimum atomic E-state index is -3.89. The van der Waals surface area contributed by atoms with Crippen LogP contribution in [0.3, 0.4) is 0 Å². The quantitative estimate of drug-likeness (QED) is 0.616. The zero-order chi connectivity index (χ0) is 21.5. The summed E-state index contributed by atoms with van der Waals surface area (Å²) in [5, 5.41) is 2.38. The first-order chi connectivity index (χ1) is 14.3. The van der Waals surface area contributed by atoms with Gasteiger partial charge in [0.05, 0.1) is 10.6 Å². The van der Waals surface area contributed by atoms with E-state index in [9.17, 15) is 18.0 Å². The fourth-order valence-electron chi connectivity index (χ4n) is 2.97. The second-order valence-electron chi connectivity index (χ2n) is 6.52. The average Bonchev–Trinajstić information content (AvgIpc) is 3.13. The summed E-state index contributed by atoms with van der Waals surface area (Å²) in [5.41, 5.74) is 0.682. The highest BCUT2D eigenvalue weighted by Gasteiger charge is 2.37.